The maximum Gasteiger partial charge on any atom is 0.410 e. The van der Waals surface area contributed by atoms with Gasteiger partial charge in [0, 0.05) is 35.6 Å². The van der Waals surface area contributed by atoms with Crippen LogP contribution >= 0.6 is 0 Å². The lowest BCUT2D eigenvalue weighted by Gasteiger charge is -2.34. The number of ether oxygens (including phenoxy) is 1. The van der Waals surface area contributed by atoms with E-state index in [-0.39, 0.29) is 44.6 Å². The monoisotopic (exact) mass is 436 g/mol. The third-order valence-corrected chi connectivity index (χ3v) is 6.42. The number of carbonyl (C=O) groups excluding carboxylic acids is 2. The number of ketones is 1. The van der Waals surface area contributed by atoms with Crippen LogP contribution in [0.5, 0.6) is 0 Å². The Morgan fingerprint density at radius 1 is 1.00 bits per heavy atom. The first-order chi connectivity index (χ1) is 15.3. The van der Waals surface area contributed by atoms with Gasteiger partial charge in [0.2, 0.25) is 5.92 Å². The van der Waals surface area contributed by atoms with Gasteiger partial charge in [0.05, 0.1) is 18.6 Å². The molecule has 5 rings (SSSR count). The molecular formula is C25H22F2N2O3. The van der Waals surface area contributed by atoms with Crippen LogP contribution in [0.15, 0.2) is 60.8 Å². The summed E-state index contributed by atoms with van der Waals surface area (Å²) < 4.78 is 32.4. The number of para-hydroxylation sites is 1. The van der Waals surface area contributed by atoms with Gasteiger partial charge in [-0.05, 0) is 24.5 Å². The SMILES string of the molecule is O=C(CN1CC2(CCC(F)(F)CC2)OC1=O)c1ccc(-c2cccc3cccnc23)cc1. The number of alkyl halides is 2. The number of hydrogen-bond donors (Lipinski definition) is 0. The van der Waals surface area contributed by atoms with Gasteiger partial charge in [0.15, 0.2) is 5.78 Å². The average Bonchev–Trinajstić information content (AvgIpc) is 3.11. The average molecular weight is 436 g/mol. The van der Waals surface area contributed by atoms with E-state index in [1.807, 2.05) is 42.5 Å². The Bertz CT molecular complexity index is 1180. The lowest BCUT2D eigenvalue weighted by molar-refractivity contribution is -0.0910. The molecule has 1 saturated carbocycles. The second-order valence-electron chi connectivity index (χ2n) is 8.64. The second kappa shape index (κ2) is 7.65. The highest BCUT2D eigenvalue weighted by Crippen LogP contribution is 2.43. The molecule has 1 aromatic heterocycles. The van der Waals surface area contributed by atoms with Crippen molar-refractivity contribution in [3.63, 3.8) is 0 Å². The smallest absolute Gasteiger partial charge is 0.410 e. The van der Waals surface area contributed by atoms with E-state index in [9.17, 15) is 18.4 Å². The quantitative estimate of drug-likeness (QED) is 0.508. The third kappa shape index (κ3) is 3.83. The molecule has 0 atom stereocenters. The van der Waals surface area contributed by atoms with Crippen molar-refractivity contribution in [2.24, 2.45) is 0 Å². The van der Waals surface area contributed by atoms with E-state index in [0.717, 1.165) is 22.0 Å². The molecule has 0 bridgehead atoms. The Labute approximate surface area is 184 Å². The molecule has 1 aliphatic heterocycles. The molecule has 32 heavy (non-hydrogen) atoms. The van der Waals surface area contributed by atoms with Crippen LogP contribution in [0.25, 0.3) is 22.0 Å². The Hall–Kier alpha value is -3.35. The first-order valence-corrected chi connectivity index (χ1v) is 10.7. The summed E-state index contributed by atoms with van der Waals surface area (Å²) >= 11 is 0. The summed E-state index contributed by atoms with van der Waals surface area (Å²) in [6, 6.07) is 17.0. The molecule has 0 unspecified atom stereocenters. The Balaban J connectivity index is 1.29. The van der Waals surface area contributed by atoms with E-state index in [0.29, 0.717) is 5.56 Å². The molecule has 2 heterocycles. The molecule has 5 nitrogen and oxygen atoms in total. The number of carbonyl (C=O) groups is 2. The zero-order valence-corrected chi connectivity index (χ0v) is 17.4. The summed E-state index contributed by atoms with van der Waals surface area (Å²) in [5.74, 6) is -2.93. The number of nitrogens with zero attached hydrogens (tertiary/aromatic N) is 2. The number of hydrogen-bond acceptors (Lipinski definition) is 4. The van der Waals surface area contributed by atoms with Gasteiger partial charge < -0.3 is 4.74 Å². The molecule has 164 valence electrons. The van der Waals surface area contributed by atoms with Crippen LogP contribution in [0.1, 0.15) is 36.0 Å². The van der Waals surface area contributed by atoms with Gasteiger partial charge in [-0.15, -0.1) is 0 Å². The van der Waals surface area contributed by atoms with E-state index in [2.05, 4.69) is 4.98 Å². The lowest BCUT2D eigenvalue weighted by Crippen LogP contribution is -2.42. The summed E-state index contributed by atoms with van der Waals surface area (Å²) in [6.45, 7) is 0.0412. The van der Waals surface area contributed by atoms with Crippen molar-refractivity contribution in [1.29, 1.82) is 0 Å². The topological polar surface area (TPSA) is 59.5 Å². The van der Waals surface area contributed by atoms with Crippen LogP contribution in [0, 0.1) is 0 Å². The standard InChI is InChI=1S/C25H22F2N2O3/c26-25(27)12-10-24(11-13-25)16-29(23(31)32-24)15-21(30)18-8-6-17(7-9-18)20-5-1-3-19-4-2-14-28-22(19)20/h1-9,14H,10-13,15-16H2. The minimum Gasteiger partial charge on any atom is -0.441 e. The van der Waals surface area contributed by atoms with Gasteiger partial charge in [0.25, 0.3) is 0 Å². The number of pyridine rings is 1. The van der Waals surface area contributed by atoms with Gasteiger partial charge in [-0.25, -0.2) is 13.6 Å². The van der Waals surface area contributed by atoms with Gasteiger partial charge in [0.1, 0.15) is 5.60 Å². The molecule has 2 aromatic carbocycles. The van der Waals surface area contributed by atoms with Gasteiger partial charge >= 0.3 is 6.09 Å². The van der Waals surface area contributed by atoms with Crippen molar-refractivity contribution < 1.29 is 23.1 Å². The number of aromatic nitrogens is 1. The number of benzene rings is 2. The summed E-state index contributed by atoms with van der Waals surface area (Å²) in [5.41, 5.74) is 2.38. The largest absolute Gasteiger partial charge is 0.441 e. The number of amides is 1. The zero-order valence-electron chi connectivity index (χ0n) is 17.4. The predicted molar refractivity (Wildman–Crippen MR) is 116 cm³/mol. The number of fused-ring (bicyclic) bond motifs is 1. The predicted octanol–water partition coefficient (Wildman–Crippen LogP) is 5.48. The van der Waals surface area contributed by atoms with Gasteiger partial charge in [-0.3, -0.25) is 14.7 Å². The molecule has 1 amide bonds. The van der Waals surface area contributed by atoms with Crippen LogP contribution in [0.2, 0.25) is 0 Å². The fourth-order valence-electron chi connectivity index (χ4n) is 4.58. The van der Waals surface area contributed by atoms with Gasteiger partial charge in [-0.1, -0.05) is 48.5 Å². The van der Waals surface area contributed by atoms with Crippen molar-refractivity contribution >= 4 is 22.8 Å². The van der Waals surface area contributed by atoms with Crippen molar-refractivity contribution in [2.45, 2.75) is 37.2 Å². The van der Waals surface area contributed by atoms with Crippen molar-refractivity contribution in [2.75, 3.05) is 13.1 Å². The van der Waals surface area contributed by atoms with Crippen molar-refractivity contribution in [1.82, 2.24) is 9.88 Å². The highest BCUT2D eigenvalue weighted by Gasteiger charge is 2.51. The summed E-state index contributed by atoms with van der Waals surface area (Å²) in [5, 5.41) is 1.03. The van der Waals surface area contributed by atoms with E-state index >= 15 is 0 Å². The summed E-state index contributed by atoms with van der Waals surface area (Å²) in [7, 11) is 0. The second-order valence-corrected chi connectivity index (χ2v) is 8.64. The normalized spacial score (nSPS) is 19.3. The van der Waals surface area contributed by atoms with Crippen LogP contribution < -0.4 is 0 Å². The fourth-order valence-corrected chi connectivity index (χ4v) is 4.58. The maximum atomic E-state index is 13.5. The van der Waals surface area contributed by atoms with Crippen molar-refractivity contribution in [3.8, 4) is 11.1 Å². The maximum absolute atomic E-state index is 13.5. The highest BCUT2D eigenvalue weighted by atomic mass is 19.3. The molecule has 1 aliphatic carbocycles. The highest BCUT2D eigenvalue weighted by molar-refractivity contribution is 6.00. The third-order valence-electron chi connectivity index (χ3n) is 6.42. The molecule has 2 aliphatic rings. The van der Waals surface area contributed by atoms with Crippen LogP contribution in [-0.2, 0) is 4.74 Å². The number of rotatable bonds is 4. The van der Waals surface area contributed by atoms with Gasteiger partial charge in [-0.2, -0.15) is 0 Å². The Morgan fingerprint density at radius 2 is 1.72 bits per heavy atom. The zero-order chi connectivity index (χ0) is 22.3. The first kappa shape index (κ1) is 20.5. The Morgan fingerprint density at radius 3 is 2.47 bits per heavy atom. The van der Waals surface area contributed by atoms with E-state index in [1.54, 1.807) is 18.3 Å². The first-order valence-electron chi connectivity index (χ1n) is 10.7. The number of Topliss-reactive ketones (excluding diaryl/α,β-unsaturated/α-hetero) is 1. The molecule has 7 heteroatoms. The minimum atomic E-state index is -2.71. The van der Waals surface area contributed by atoms with Crippen LogP contribution in [-0.4, -0.2) is 46.4 Å². The van der Waals surface area contributed by atoms with Crippen molar-refractivity contribution in [3.05, 3.63) is 66.4 Å². The summed E-state index contributed by atoms with van der Waals surface area (Å²) in [4.78, 5) is 30.9. The van der Waals surface area contributed by atoms with E-state index in [1.165, 1.54) is 4.90 Å². The number of halogens is 2. The lowest BCUT2D eigenvalue weighted by atomic mass is 9.82. The molecule has 1 spiro atoms. The van der Waals surface area contributed by atoms with Crippen LogP contribution in [0.4, 0.5) is 13.6 Å². The summed E-state index contributed by atoms with van der Waals surface area (Å²) in [6.07, 6.45) is 0.772. The molecule has 3 aromatic rings. The van der Waals surface area contributed by atoms with E-state index in [4.69, 9.17) is 4.74 Å². The Kier molecular flexibility index (Phi) is 4.92. The molecule has 2 fully saturated rings. The molecular weight excluding hydrogens is 414 g/mol. The van der Waals surface area contributed by atoms with Crippen LogP contribution in [0.3, 0.4) is 0 Å². The molecule has 0 radical (unpaired) electrons. The minimum absolute atomic E-state index is 0.115. The molecule has 0 N–H and O–H groups in total. The molecule has 1 saturated heterocycles. The fraction of sp³-hybridized carbons (Fsp3) is 0.320. The van der Waals surface area contributed by atoms with E-state index < -0.39 is 17.6 Å².